The number of halogens is 1. The summed E-state index contributed by atoms with van der Waals surface area (Å²) >= 11 is 5.90. The minimum Gasteiger partial charge on any atom is -0.356 e. The first-order valence-electron chi connectivity index (χ1n) is 7.74. The Kier molecular flexibility index (Phi) is 6.42. The van der Waals surface area contributed by atoms with Gasteiger partial charge >= 0.3 is 0 Å². The van der Waals surface area contributed by atoms with E-state index < -0.39 is 0 Å². The maximum Gasteiger partial charge on any atom is 0.236 e. The number of hydrogen-bond donors (Lipinski definition) is 1. The molecule has 6 heteroatoms. The van der Waals surface area contributed by atoms with Gasteiger partial charge in [-0.3, -0.25) is 9.59 Å². The van der Waals surface area contributed by atoms with Crippen LogP contribution in [0.4, 0.5) is 0 Å². The summed E-state index contributed by atoms with van der Waals surface area (Å²) in [7, 11) is 0. The van der Waals surface area contributed by atoms with Crippen molar-refractivity contribution >= 4 is 23.4 Å². The van der Waals surface area contributed by atoms with Crippen LogP contribution < -0.4 is 5.32 Å². The van der Waals surface area contributed by atoms with Crippen LogP contribution in [0.2, 0.25) is 5.02 Å². The van der Waals surface area contributed by atoms with Gasteiger partial charge in [0.05, 0.1) is 12.5 Å². The lowest BCUT2D eigenvalue weighted by atomic mass is 9.96. The van der Waals surface area contributed by atoms with Gasteiger partial charge in [-0.2, -0.15) is 5.26 Å². The van der Waals surface area contributed by atoms with E-state index in [0.717, 1.165) is 18.4 Å². The standard InChI is InChI=1S/C17H20ClN3O2/c18-15-3-1-2-14(10-15)11-16(22)20-12-13-5-8-21(9-6-13)17(23)4-7-19/h1-3,10,13H,4-6,8-9,11-12H2,(H,20,22). The Balaban J connectivity index is 1.70. The average Bonchev–Trinajstić information content (AvgIpc) is 2.54. The molecule has 5 nitrogen and oxygen atoms in total. The summed E-state index contributed by atoms with van der Waals surface area (Å²) in [6.45, 7) is 1.95. The molecule has 0 radical (unpaired) electrons. The Morgan fingerprint density at radius 2 is 2.09 bits per heavy atom. The van der Waals surface area contributed by atoms with Crippen molar-refractivity contribution in [2.45, 2.75) is 25.7 Å². The zero-order valence-corrected chi connectivity index (χ0v) is 13.7. The number of hydrogen-bond acceptors (Lipinski definition) is 3. The summed E-state index contributed by atoms with van der Waals surface area (Å²) in [5, 5.41) is 12.1. The summed E-state index contributed by atoms with van der Waals surface area (Å²) in [4.78, 5) is 25.3. The van der Waals surface area contributed by atoms with Gasteiger partial charge in [0.2, 0.25) is 11.8 Å². The average molecular weight is 334 g/mol. The molecule has 1 aromatic rings. The van der Waals surface area contributed by atoms with Crippen LogP contribution in [-0.2, 0) is 16.0 Å². The second-order valence-corrected chi connectivity index (χ2v) is 6.21. The van der Waals surface area contributed by atoms with Crippen LogP contribution in [0.15, 0.2) is 24.3 Å². The molecule has 2 rings (SSSR count). The van der Waals surface area contributed by atoms with E-state index in [4.69, 9.17) is 16.9 Å². The maximum absolute atomic E-state index is 12.0. The summed E-state index contributed by atoms with van der Waals surface area (Å²) in [5.41, 5.74) is 0.895. The minimum atomic E-state index is -0.101. The van der Waals surface area contributed by atoms with Crippen molar-refractivity contribution < 1.29 is 9.59 Å². The Hall–Kier alpha value is -2.06. The predicted molar refractivity (Wildman–Crippen MR) is 87.7 cm³/mol. The number of likely N-dealkylation sites (tertiary alicyclic amines) is 1. The number of nitrogens with one attached hydrogen (secondary N) is 1. The van der Waals surface area contributed by atoms with Gasteiger partial charge in [0.1, 0.15) is 6.42 Å². The van der Waals surface area contributed by atoms with Crippen LogP contribution in [0.25, 0.3) is 0 Å². The monoisotopic (exact) mass is 333 g/mol. The van der Waals surface area contributed by atoms with E-state index in [-0.39, 0.29) is 18.2 Å². The van der Waals surface area contributed by atoms with E-state index in [1.54, 1.807) is 17.0 Å². The van der Waals surface area contributed by atoms with Gasteiger partial charge in [-0.1, -0.05) is 23.7 Å². The normalized spacial score (nSPS) is 15.0. The molecular formula is C17H20ClN3O2. The lowest BCUT2D eigenvalue weighted by Crippen LogP contribution is -2.41. The van der Waals surface area contributed by atoms with Crippen molar-refractivity contribution in [3.05, 3.63) is 34.9 Å². The highest BCUT2D eigenvalue weighted by atomic mass is 35.5. The second-order valence-electron chi connectivity index (χ2n) is 5.77. The van der Waals surface area contributed by atoms with Crippen LogP contribution in [0.3, 0.4) is 0 Å². The highest BCUT2D eigenvalue weighted by molar-refractivity contribution is 6.30. The number of amides is 2. The topological polar surface area (TPSA) is 73.2 Å². The van der Waals surface area contributed by atoms with E-state index in [1.165, 1.54) is 0 Å². The van der Waals surface area contributed by atoms with Crippen LogP contribution >= 0.6 is 11.6 Å². The molecule has 0 aromatic heterocycles. The number of benzene rings is 1. The molecular weight excluding hydrogens is 314 g/mol. The smallest absolute Gasteiger partial charge is 0.236 e. The molecule has 0 bridgehead atoms. The molecule has 1 heterocycles. The predicted octanol–water partition coefficient (Wildman–Crippen LogP) is 2.15. The highest BCUT2D eigenvalue weighted by Gasteiger charge is 2.22. The van der Waals surface area contributed by atoms with E-state index in [0.29, 0.717) is 37.0 Å². The summed E-state index contributed by atoms with van der Waals surface area (Å²) in [6.07, 6.45) is 1.98. The highest BCUT2D eigenvalue weighted by Crippen LogP contribution is 2.17. The fourth-order valence-electron chi connectivity index (χ4n) is 2.72. The molecule has 1 fully saturated rings. The van der Waals surface area contributed by atoms with Crippen molar-refractivity contribution in [3.63, 3.8) is 0 Å². The van der Waals surface area contributed by atoms with Gasteiger partial charge < -0.3 is 10.2 Å². The lowest BCUT2D eigenvalue weighted by molar-refractivity contribution is -0.131. The van der Waals surface area contributed by atoms with Gasteiger partial charge in [-0.25, -0.2) is 0 Å². The van der Waals surface area contributed by atoms with Crippen molar-refractivity contribution in [1.29, 1.82) is 5.26 Å². The minimum absolute atomic E-state index is 0.0183. The van der Waals surface area contributed by atoms with Gasteiger partial charge in [0.15, 0.2) is 0 Å². The van der Waals surface area contributed by atoms with E-state index in [2.05, 4.69) is 5.32 Å². The van der Waals surface area contributed by atoms with E-state index in [9.17, 15) is 9.59 Å². The SMILES string of the molecule is N#CCC(=O)N1CCC(CNC(=O)Cc2cccc(Cl)c2)CC1. The molecule has 1 aliphatic rings. The summed E-state index contributed by atoms with van der Waals surface area (Å²) in [6, 6.07) is 9.17. The molecule has 1 saturated heterocycles. The largest absolute Gasteiger partial charge is 0.356 e. The van der Waals surface area contributed by atoms with Crippen LogP contribution in [-0.4, -0.2) is 36.3 Å². The van der Waals surface area contributed by atoms with Crippen molar-refractivity contribution in [2.75, 3.05) is 19.6 Å². The second kappa shape index (κ2) is 8.54. The molecule has 0 saturated carbocycles. The Bertz CT molecular complexity index is 604. The van der Waals surface area contributed by atoms with Crippen molar-refractivity contribution in [1.82, 2.24) is 10.2 Å². The third kappa shape index (κ3) is 5.57. The van der Waals surface area contributed by atoms with Crippen molar-refractivity contribution in [3.8, 4) is 6.07 Å². The van der Waals surface area contributed by atoms with Crippen LogP contribution in [0.1, 0.15) is 24.8 Å². The Morgan fingerprint density at radius 3 is 2.74 bits per heavy atom. The van der Waals surface area contributed by atoms with Gasteiger partial charge in [0.25, 0.3) is 0 Å². The summed E-state index contributed by atoms with van der Waals surface area (Å²) < 4.78 is 0. The number of carbonyl (C=O) groups excluding carboxylic acids is 2. The molecule has 0 aliphatic carbocycles. The molecule has 2 amide bonds. The van der Waals surface area contributed by atoms with Gasteiger partial charge in [-0.05, 0) is 36.5 Å². The first-order chi connectivity index (χ1) is 11.1. The fraction of sp³-hybridized carbons (Fsp3) is 0.471. The zero-order chi connectivity index (χ0) is 16.7. The third-order valence-corrected chi connectivity index (χ3v) is 4.27. The quantitative estimate of drug-likeness (QED) is 0.897. The number of piperidine rings is 1. The molecule has 1 aromatic carbocycles. The molecule has 0 atom stereocenters. The van der Waals surface area contributed by atoms with Crippen molar-refractivity contribution in [2.24, 2.45) is 5.92 Å². The van der Waals surface area contributed by atoms with Crippen LogP contribution in [0, 0.1) is 17.2 Å². The van der Waals surface area contributed by atoms with Gasteiger partial charge in [0, 0.05) is 24.7 Å². The number of rotatable bonds is 5. The molecule has 0 spiro atoms. The van der Waals surface area contributed by atoms with E-state index in [1.807, 2.05) is 18.2 Å². The zero-order valence-electron chi connectivity index (χ0n) is 12.9. The fourth-order valence-corrected chi connectivity index (χ4v) is 2.93. The van der Waals surface area contributed by atoms with Gasteiger partial charge in [-0.15, -0.1) is 0 Å². The Morgan fingerprint density at radius 1 is 1.35 bits per heavy atom. The summed E-state index contributed by atoms with van der Waals surface area (Å²) in [5.74, 6) is 0.260. The molecule has 0 unspecified atom stereocenters. The van der Waals surface area contributed by atoms with E-state index >= 15 is 0 Å². The molecule has 23 heavy (non-hydrogen) atoms. The number of nitriles is 1. The third-order valence-electron chi connectivity index (χ3n) is 4.04. The van der Waals surface area contributed by atoms with Crippen LogP contribution in [0.5, 0.6) is 0 Å². The maximum atomic E-state index is 12.0. The Labute approximate surface area is 141 Å². The molecule has 1 aliphatic heterocycles. The number of carbonyl (C=O) groups is 2. The lowest BCUT2D eigenvalue weighted by Gasteiger charge is -2.31. The molecule has 122 valence electrons. The first-order valence-corrected chi connectivity index (χ1v) is 8.12. The molecule has 1 N–H and O–H groups in total. The first kappa shape index (κ1) is 17.3. The number of nitrogens with zero attached hydrogens (tertiary/aromatic N) is 2.